The summed E-state index contributed by atoms with van der Waals surface area (Å²) < 4.78 is 0. The normalized spacial score (nSPS) is 10.4. The molecule has 2 N–H and O–H groups in total. The number of hydrogen-bond acceptors (Lipinski definition) is 3. The Labute approximate surface area is 95.7 Å². The second kappa shape index (κ2) is 5.14. The molecule has 4 nitrogen and oxygen atoms in total. The lowest BCUT2D eigenvalue weighted by molar-refractivity contribution is 0.0755. The highest BCUT2D eigenvalue weighted by molar-refractivity contribution is 6.58. The number of nitrogens with zero attached hydrogens (tertiary/aromatic N) is 1. The summed E-state index contributed by atoms with van der Waals surface area (Å²) in [7, 11) is 0.244. The van der Waals surface area contributed by atoms with Crippen molar-refractivity contribution in [3.05, 3.63) is 29.8 Å². The van der Waals surface area contributed by atoms with Crippen molar-refractivity contribution in [3.63, 3.8) is 0 Å². The van der Waals surface area contributed by atoms with E-state index < -0.39 is 7.12 Å². The molecule has 86 valence electrons. The molecule has 0 fully saturated rings. The molecule has 1 aromatic rings. The van der Waals surface area contributed by atoms with Gasteiger partial charge in [0.1, 0.15) is 0 Å². The fraction of sp³-hybridized carbons (Fsp3) is 0.364. The summed E-state index contributed by atoms with van der Waals surface area (Å²) in [4.78, 5) is 13.5. The van der Waals surface area contributed by atoms with E-state index in [-0.39, 0.29) is 11.9 Å². The summed E-state index contributed by atoms with van der Waals surface area (Å²) in [5, 5.41) is 17.8. The number of carbonyl (C=O) groups is 1. The third-order valence-corrected chi connectivity index (χ3v) is 2.55. The molecule has 0 saturated heterocycles. The molecule has 1 amide bonds. The second-order valence-electron chi connectivity index (χ2n) is 4.01. The third-order valence-electron chi connectivity index (χ3n) is 2.55. The van der Waals surface area contributed by atoms with Crippen molar-refractivity contribution in [2.24, 2.45) is 0 Å². The van der Waals surface area contributed by atoms with E-state index in [0.29, 0.717) is 11.0 Å². The minimum Gasteiger partial charge on any atom is -0.423 e. The molecule has 0 aliphatic heterocycles. The van der Waals surface area contributed by atoms with Crippen LogP contribution in [0.15, 0.2) is 24.3 Å². The zero-order chi connectivity index (χ0) is 12.3. The average Bonchev–Trinajstić information content (AvgIpc) is 2.27. The van der Waals surface area contributed by atoms with Crippen molar-refractivity contribution < 1.29 is 14.8 Å². The number of amides is 1. The van der Waals surface area contributed by atoms with Gasteiger partial charge in [-0.05, 0) is 31.4 Å². The second-order valence-corrected chi connectivity index (χ2v) is 4.01. The van der Waals surface area contributed by atoms with E-state index >= 15 is 0 Å². The highest BCUT2D eigenvalue weighted by Crippen LogP contribution is 2.05. The van der Waals surface area contributed by atoms with Crippen LogP contribution < -0.4 is 5.46 Å². The first kappa shape index (κ1) is 12.7. The van der Waals surface area contributed by atoms with Crippen molar-refractivity contribution in [1.29, 1.82) is 0 Å². The standard InChI is InChI=1S/C11H16BNO3/c1-8(2)13(3)11(14)9-4-6-10(7-5-9)12(15)16/h4-8,15-16H,1-3H3. The molecule has 0 atom stereocenters. The Kier molecular flexibility index (Phi) is 4.09. The Morgan fingerprint density at radius 1 is 1.25 bits per heavy atom. The van der Waals surface area contributed by atoms with Gasteiger partial charge in [-0.25, -0.2) is 0 Å². The Bertz CT molecular complexity index is 362. The Morgan fingerprint density at radius 3 is 2.12 bits per heavy atom. The molecule has 16 heavy (non-hydrogen) atoms. The van der Waals surface area contributed by atoms with E-state index in [0.717, 1.165) is 0 Å². The van der Waals surface area contributed by atoms with Crippen LogP contribution in [0.4, 0.5) is 0 Å². The largest absolute Gasteiger partial charge is 0.488 e. The van der Waals surface area contributed by atoms with Crippen LogP contribution in [-0.4, -0.2) is 41.1 Å². The molecule has 0 aliphatic carbocycles. The van der Waals surface area contributed by atoms with Gasteiger partial charge in [0.2, 0.25) is 0 Å². The first-order valence-corrected chi connectivity index (χ1v) is 5.16. The topological polar surface area (TPSA) is 60.8 Å². The Morgan fingerprint density at radius 2 is 1.75 bits per heavy atom. The van der Waals surface area contributed by atoms with Crippen LogP contribution in [-0.2, 0) is 0 Å². The molecule has 0 heterocycles. The molecule has 0 aliphatic rings. The SMILES string of the molecule is CC(C)N(C)C(=O)c1ccc(B(O)O)cc1. The lowest BCUT2D eigenvalue weighted by Gasteiger charge is -2.21. The molecule has 0 radical (unpaired) electrons. The summed E-state index contributed by atoms with van der Waals surface area (Å²) in [6.45, 7) is 3.87. The van der Waals surface area contributed by atoms with Crippen molar-refractivity contribution in [2.75, 3.05) is 7.05 Å². The molecule has 0 bridgehead atoms. The van der Waals surface area contributed by atoms with Gasteiger partial charge in [0.25, 0.3) is 5.91 Å². The van der Waals surface area contributed by atoms with Gasteiger partial charge >= 0.3 is 7.12 Å². The minimum atomic E-state index is -1.49. The van der Waals surface area contributed by atoms with E-state index in [9.17, 15) is 4.79 Å². The Balaban J connectivity index is 2.86. The molecule has 1 aromatic carbocycles. The minimum absolute atomic E-state index is 0.0750. The van der Waals surface area contributed by atoms with Gasteiger partial charge in [-0.2, -0.15) is 0 Å². The van der Waals surface area contributed by atoms with Crippen LogP contribution in [0.25, 0.3) is 0 Å². The zero-order valence-electron chi connectivity index (χ0n) is 9.71. The molecule has 5 heteroatoms. The average molecular weight is 221 g/mol. The van der Waals surface area contributed by atoms with Gasteiger partial charge in [-0.3, -0.25) is 4.79 Å². The summed E-state index contributed by atoms with van der Waals surface area (Å²) >= 11 is 0. The number of benzene rings is 1. The monoisotopic (exact) mass is 221 g/mol. The lowest BCUT2D eigenvalue weighted by atomic mass is 9.80. The zero-order valence-corrected chi connectivity index (χ0v) is 9.71. The molecule has 0 saturated carbocycles. The molecule has 0 unspecified atom stereocenters. The number of hydrogen-bond donors (Lipinski definition) is 2. The molecular weight excluding hydrogens is 205 g/mol. The van der Waals surface area contributed by atoms with Crippen molar-refractivity contribution >= 4 is 18.5 Å². The first-order chi connectivity index (χ1) is 7.43. The van der Waals surface area contributed by atoms with Gasteiger partial charge in [0.15, 0.2) is 0 Å². The fourth-order valence-electron chi connectivity index (χ4n) is 1.24. The van der Waals surface area contributed by atoms with E-state index in [1.165, 1.54) is 12.1 Å². The van der Waals surface area contributed by atoms with Crippen LogP contribution in [0, 0.1) is 0 Å². The van der Waals surface area contributed by atoms with E-state index in [1.807, 2.05) is 13.8 Å². The highest BCUT2D eigenvalue weighted by Gasteiger charge is 2.15. The lowest BCUT2D eigenvalue weighted by Crippen LogP contribution is -2.34. The maximum atomic E-state index is 11.9. The summed E-state index contributed by atoms with van der Waals surface area (Å²) in [5.74, 6) is -0.0750. The van der Waals surface area contributed by atoms with E-state index in [4.69, 9.17) is 10.0 Å². The van der Waals surface area contributed by atoms with E-state index in [2.05, 4.69) is 0 Å². The summed E-state index contributed by atoms with van der Waals surface area (Å²) in [5.41, 5.74) is 0.921. The van der Waals surface area contributed by atoms with E-state index in [1.54, 1.807) is 24.1 Å². The fourth-order valence-corrected chi connectivity index (χ4v) is 1.24. The van der Waals surface area contributed by atoms with Gasteiger partial charge in [-0.1, -0.05) is 12.1 Å². The maximum Gasteiger partial charge on any atom is 0.488 e. The van der Waals surface area contributed by atoms with Crippen LogP contribution in [0.3, 0.4) is 0 Å². The Hall–Kier alpha value is -1.33. The third kappa shape index (κ3) is 2.84. The van der Waals surface area contributed by atoms with Crippen molar-refractivity contribution in [3.8, 4) is 0 Å². The van der Waals surface area contributed by atoms with Crippen LogP contribution in [0.5, 0.6) is 0 Å². The van der Waals surface area contributed by atoms with Crippen LogP contribution in [0.1, 0.15) is 24.2 Å². The molecular formula is C11H16BNO3. The molecule has 0 spiro atoms. The summed E-state index contributed by atoms with van der Waals surface area (Å²) in [6.07, 6.45) is 0. The van der Waals surface area contributed by atoms with Gasteiger partial charge in [0, 0.05) is 18.7 Å². The number of rotatable bonds is 3. The van der Waals surface area contributed by atoms with Gasteiger partial charge in [-0.15, -0.1) is 0 Å². The van der Waals surface area contributed by atoms with Crippen LogP contribution in [0.2, 0.25) is 0 Å². The molecule has 1 rings (SSSR count). The number of carbonyl (C=O) groups excluding carboxylic acids is 1. The van der Waals surface area contributed by atoms with Crippen LogP contribution >= 0.6 is 0 Å². The smallest absolute Gasteiger partial charge is 0.423 e. The van der Waals surface area contributed by atoms with Crippen molar-refractivity contribution in [2.45, 2.75) is 19.9 Å². The van der Waals surface area contributed by atoms with Gasteiger partial charge < -0.3 is 14.9 Å². The molecule has 0 aromatic heterocycles. The first-order valence-electron chi connectivity index (χ1n) is 5.16. The summed E-state index contributed by atoms with van der Waals surface area (Å²) in [6, 6.07) is 6.39. The predicted molar refractivity (Wildman–Crippen MR) is 63.5 cm³/mol. The quantitative estimate of drug-likeness (QED) is 0.697. The maximum absolute atomic E-state index is 11.9. The van der Waals surface area contributed by atoms with Gasteiger partial charge in [0.05, 0.1) is 0 Å². The van der Waals surface area contributed by atoms with Crippen molar-refractivity contribution in [1.82, 2.24) is 4.90 Å². The highest BCUT2D eigenvalue weighted by atomic mass is 16.4. The predicted octanol–water partition coefficient (Wildman–Crippen LogP) is -0.153.